The summed E-state index contributed by atoms with van der Waals surface area (Å²) < 4.78 is 64.4. The standard InChI is InChI=1S/C35H35F2N5O5S.BrH/c1-24-4-13-30(14-5-24)48(44,45)40(3)27-9-15-33(38-22-27)46-29-12-8-26-20-32(39(2)31(26)21-29)34(43)42-18-16-41(17-19-42)23-25-6-10-28(11-7-25)47-35(36)37;/h4-15,20-22,35H,16-19,23H2,1-3H3;1H. The number of benzene rings is 3. The van der Waals surface area contributed by atoms with Gasteiger partial charge >= 0.3 is 6.61 Å². The van der Waals surface area contributed by atoms with Gasteiger partial charge in [-0.1, -0.05) is 29.8 Å². The minimum absolute atomic E-state index is 0. The van der Waals surface area contributed by atoms with Gasteiger partial charge in [0.1, 0.15) is 17.2 Å². The molecule has 14 heteroatoms. The number of carbonyl (C=O) groups excluding carboxylic acids is 1. The zero-order valence-electron chi connectivity index (χ0n) is 27.1. The van der Waals surface area contributed by atoms with Crippen LogP contribution in [0.3, 0.4) is 0 Å². The monoisotopic (exact) mass is 755 g/mol. The van der Waals surface area contributed by atoms with Crippen LogP contribution in [0.15, 0.2) is 96.0 Å². The summed E-state index contributed by atoms with van der Waals surface area (Å²) in [6.45, 7) is 2.18. The number of alkyl halides is 2. The third-order valence-electron chi connectivity index (χ3n) is 8.44. The third-order valence-corrected chi connectivity index (χ3v) is 10.2. The number of hydrogen-bond donors (Lipinski definition) is 0. The second-order valence-electron chi connectivity index (χ2n) is 11.6. The lowest BCUT2D eigenvalue weighted by Crippen LogP contribution is -2.48. The van der Waals surface area contributed by atoms with Crippen molar-refractivity contribution in [3.8, 4) is 17.4 Å². The van der Waals surface area contributed by atoms with E-state index < -0.39 is 16.6 Å². The highest BCUT2D eigenvalue weighted by Gasteiger charge is 2.25. The molecule has 0 atom stereocenters. The molecule has 49 heavy (non-hydrogen) atoms. The van der Waals surface area contributed by atoms with Crippen molar-refractivity contribution in [1.82, 2.24) is 19.4 Å². The van der Waals surface area contributed by atoms with Crippen LogP contribution in [0.4, 0.5) is 14.5 Å². The average molecular weight is 757 g/mol. The number of aromatic nitrogens is 2. The highest BCUT2D eigenvalue weighted by molar-refractivity contribution is 8.93. The molecule has 1 aliphatic heterocycles. The molecule has 0 unspecified atom stereocenters. The number of aryl methyl sites for hydroxylation is 2. The number of carbonyl (C=O) groups is 1. The molecule has 1 amide bonds. The Morgan fingerprint density at radius 1 is 0.918 bits per heavy atom. The maximum absolute atomic E-state index is 13.5. The van der Waals surface area contributed by atoms with Crippen molar-refractivity contribution in [2.45, 2.75) is 25.0 Å². The molecule has 0 aliphatic carbocycles. The topological polar surface area (TPSA) is 97.2 Å². The van der Waals surface area contributed by atoms with Crippen LogP contribution < -0.4 is 13.8 Å². The number of rotatable bonds is 10. The summed E-state index contributed by atoms with van der Waals surface area (Å²) in [6.07, 6.45) is 1.44. The Morgan fingerprint density at radius 2 is 1.59 bits per heavy atom. The quantitative estimate of drug-likeness (QED) is 0.158. The molecule has 0 saturated carbocycles. The zero-order valence-corrected chi connectivity index (χ0v) is 29.7. The Labute approximate surface area is 294 Å². The van der Waals surface area contributed by atoms with Gasteiger partial charge in [-0.2, -0.15) is 8.78 Å². The molecule has 0 N–H and O–H groups in total. The molecule has 5 aromatic rings. The molecule has 2 aromatic heterocycles. The summed E-state index contributed by atoms with van der Waals surface area (Å²) in [7, 11) is -0.429. The fourth-order valence-electron chi connectivity index (χ4n) is 5.63. The SMILES string of the molecule is Br.Cc1ccc(S(=O)(=O)N(C)c2ccc(Oc3ccc4cc(C(=O)N5CCN(Cc6ccc(OC(F)F)cc6)CC5)n(C)c4c3)nc2)cc1. The summed E-state index contributed by atoms with van der Waals surface area (Å²) in [4.78, 5) is 22.1. The number of sulfonamides is 1. The highest BCUT2D eigenvalue weighted by atomic mass is 79.9. The molecule has 6 rings (SSSR count). The number of nitrogens with zero attached hydrogens (tertiary/aromatic N) is 5. The van der Waals surface area contributed by atoms with Crippen molar-refractivity contribution in [3.63, 3.8) is 0 Å². The summed E-state index contributed by atoms with van der Waals surface area (Å²) in [5, 5.41) is 0.886. The van der Waals surface area contributed by atoms with Crippen molar-refractivity contribution in [2.24, 2.45) is 7.05 Å². The molecule has 3 heterocycles. The molecule has 1 aliphatic rings. The van der Waals surface area contributed by atoms with Crippen molar-refractivity contribution in [2.75, 3.05) is 37.5 Å². The van der Waals surface area contributed by atoms with Crippen LogP contribution >= 0.6 is 17.0 Å². The van der Waals surface area contributed by atoms with E-state index >= 15 is 0 Å². The van der Waals surface area contributed by atoms with E-state index in [2.05, 4.69) is 14.6 Å². The van der Waals surface area contributed by atoms with E-state index in [1.165, 1.54) is 29.7 Å². The summed E-state index contributed by atoms with van der Waals surface area (Å²) in [5.41, 5.74) is 3.71. The average Bonchev–Trinajstić information content (AvgIpc) is 3.41. The maximum Gasteiger partial charge on any atom is 0.387 e. The molecule has 258 valence electrons. The Morgan fingerprint density at radius 3 is 2.22 bits per heavy atom. The number of hydrogen-bond acceptors (Lipinski definition) is 7. The van der Waals surface area contributed by atoms with Crippen molar-refractivity contribution in [1.29, 1.82) is 0 Å². The van der Waals surface area contributed by atoms with Crippen molar-refractivity contribution in [3.05, 3.63) is 108 Å². The first-order chi connectivity index (χ1) is 23.0. The molecule has 1 fully saturated rings. The largest absolute Gasteiger partial charge is 0.439 e. The predicted molar refractivity (Wildman–Crippen MR) is 189 cm³/mol. The normalized spacial score (nSPS) is 13.7. The number of fused-ring (bicyclic) bond motifs is 1. The first-order valence-electron chi connectivity index (χ1n) is 15.3. The van der Waals surface area contributed by atoms with Gasteiger partial charge in [0, 0.05) is 64.3 Å². The van der Waals surface area contributed by atoms with Gasteiger partial charge in [-0.3, -0.25) is 14.0 Å². The van der Waals surface area contributed by atoms with Gasteiger partial charge in [0.2, 0.25) is 5.88 Å². The lowest BCUT2D eigenvalue weighted by atomic mass is 10.2. The number of ether oxygens (including phenoxy) is 2. The van der Waals surface area contributed by atoms with E-state index in [9.17, 15) is 22.0 Å². The highest BCUT2D eigenvalue weighted by Crippen LogP contribution is 2.29. The van der Waals surface area contributed by atoms with E-state index in [0.717, 1.165) is 22.0 Å². The smallest absolute Gasteiger partial charge is 0.387 e. The van der Waals surface area contributed by atoms with Gasteiger partial charge in [-0.05, 0) is 61.0 Å². The van der Waals surface area contributed by atoms with E-state index in [1.54, 1.807) is 54.6 Å². The van der Waals surface area contributed by atoms with Crippen LogP contribution in [-0.4, -0.2) is 73.5 Å². The predicted octanol–water partition coefficient (Wildman–Crippen LogP) is 6.64. The molecular weight excluding hydrogens is 720 g/mol. The third kappa shape index (κ3) is 8.03. The molecule has 1 saturated heterocycles. The summed E-state index contributed by atoms with van der Waals surface area (Å²) >= 11 is 0. The number of pyridine rings is 1. The summed E-state index contributed by atoms with van der Waals surface area (Å²) in [6, 6.07) is 23.9. The zero-order chi connectivity index (χ0) is 34.0. The summed E-state index contributed by atoms with van der Waals surface area (Å²) in [5.74, 6) is 0.873. The minimum Gasteiger partial charge on any atom is -0.439 e. The van der Waals surface area contributed by atoms with Crippen LogP contribution in [-0.2, 0) is 23.6 Å². The molecule has 0 radical (unpaired) electrons. The van der Waals surface area contributed by atoms with Gasteiger partial charge in [0.25, 0.3) is 15.9 Å². The molecule has 0 bridgehead atoms. The van der Waals surface area contributed by atoms with E-state index in [-0.39, 0.29) is 33.5 Å². The number of anilines is 1. The lowest BCUT2D eigenvalue weighted by Gasteiger charge is -2.34. The lowest BCUT2D eigenvalue weighted by molar-refractivity contribution is -0.0498. The Hall–Kier alpha value is -4.53. The first kappa shape index (κ1) is 35.8. The van der Waals surface area contributed by atoms with Crippen LogP contribution in [0.25, 0.3) is 10.9 Å². The van der Waals surface area contributed by atoms with E-state index in [1.807, 2.05) is 41.6 Å². The second kappa shape index (κ2) is 14.9. The van der Waals surface area contributed by atoms with Gasteiger partial charge in [0.05, 0.1) is 22.3 Å². The Bertz CT molecular complexity index is 2020. The fraction of sp³-hybridized carbons (Fsp3) is 0.257. The van der Waals surface area contributed by atoms with Gasteiger partial charge in [-0.15, -0.1) is 17.0 Å². The van der Waals surface area contributed by atoms with Crippen molar-refractivity contribution < 1.29 is 31.5 Å². The molecular formula is C35H36BrF2N5O5S. The van der Waals surface area contributed by atoms with E-state index in [0.29, 0.717) is 55.7 Å². The molecule has 10 nitrogen and oxygen atoms in total. The Balaban J connectivity index is 0.00000468. The maximum atomic E-state index is 13.5. The van der Waals surface area contributed by atoms with Gasteiger partial charge in [0.15, 0.2) is 0 Å². The number of piperazine rings is 1. The van der Waals surface area contributed by atoms with Crippen molar-refractivity contribution >= 4 is 49.5 Å². The van der Waals surface area contributed by atoms with Gasteiger partial charge in [-0.25, -0.2) is 13.4 Å². The molecule has 3 aromatic carbocycles. The second-order valence-corrected chi connectivity index (χ2v) is 13.6. The number of halogens is 3. The first-order valence-corrected chi connectivity index (χ1v) is 16.8. The molecule has 0 spiro atoms. The number of amides is 1. The van der Waals surface area contributed by atoms with Gasteiger partial charge < -0.3 is 18.9 Å². The van der Waals surface area contributed by atoms with Crippen LogP contribution in [0.5, 0.6) is 17.4 Å². The van der Waals surface area contributed by atoms with E-state index in [4.69, 9.17) is 4.74 Å². The van der Waals surface area contributed by atoms with Crippen LogP contribution in [0.2, 0.25) is 0 Å². The van der Waals surface area contributed by atoms with Crippen LogP contribution in [0, 0.1) is 6.92 Å². The fourth-order valence-corrected chi connectivity index (χ4v) is 6.81. The Kier molecular flexibility index (Phi) is 10.9. The van der Waals surface area contributed by atoms with Crippen LogP contribution in [0.1, 0.15) is 21.6 Å². The minimum atomic E-state index is -3.75.